The molecule has 0 bridgehead atoms. The van der Waals surface area contributed by atoms with Gasteiger partial charge in [0.2, 0.25) is 15.7 Å². The minimum Gasteiger partial charge on any atom is -0.350 e. The standard InChI is InChI=1S/C24H25FN2O4S/c1-15-5-10-21(12-16(15)2)32(30,31)23-17(3)11-18(4)27(24(23)29)14-22(28)26-13-19-6-8-20(25)9-7-19/h5-12H,13-14H2,1-4H3,(H,26,28). The van der Waals surface area contributed by atoms with Crippen LogP contribution in [0, 0.1) is 33.5 Å². The highest BCUT2D eigenvalue weighted by atomic mass is 32.2. The second-order valence-electron chi connectivity index (χ2n) is 7.84. The van der Waals surface area contributed by atoms with Crippen LogP contribution in [0.3, 0.4) is 0 Å². The first-order valence-corrected chi connectivity index (χ1v) is 11.5. The molecular weight excluding hydrogens is 431 g/mol. The summed E-state index contributed by atoms with van der Waals surface area (Å²) in [5, 5.41) is 2.67. The minimum absolute atomic E-state index is 0.0389. The van der Waals surface area contributed by atoms with E-state index in [9.17, 15) is 22.4 Å². The number of pyridine rings is 1. The van der Waals surface area contributed by atoms with Crippen LogP contribution in [0.4, 0.5) is 4.39 Å². The fourth-order valence-electron chi connectivity index (χ4n) is 3.43. The highest BCUT2D eigenvalue weighted by molar-refractivity contribution is 7.91. The van der Waals surface area contributed by atoms with Crippen LogP contribution in [0.25, 0.3) is 0 Å². The van der Waals surface area contributed by atoms with Crippen LogP contribution in [0.2, 0.25) is 0 Å². The lowest BCUT2D eigenvalue weighted by atomic mass is 10.1. The number of amides is 1. The van der Waals surface area contributed by atoms with Gasteiger partial charge in [0.1, 0.15) is 17.3 Å². The second-order valence-corrected chi connectivity index (χ2v) is 9.73. The molecule has 0 spiro atoms. The molecule has 3 rings (SSSR count). The van der Waals surface area contributed by atoms with Gasteiger partial charge in [-0.15, -0.1) is 0 Å². The number of nitrogens with one attached hydrogen (secondary N) is 1. The number of halogens is 1. The van der Waals surface area contributed by atoms with E-state index in [0.717, 1.165) is 15.7 Å². The quantitative estimate of drug-likeness (QED) is 0.616. The molecule has 1 N–H and O–H groups in total. The molecule has 0 radical (unpaired) electrons. The summed E-state index contributed by atoms with van der Waals surface area (Å²) in [5.41, 5.74) is 2.51. The molecule has 6 nitrogen and oxygen atoms in total. The van der Waals surface area contributed by atoms with Crippen LogP contribution in [0.5, 0.6) is 0 Å². The third-order valence-electron chi connectivity index (χ3n) is 5.41. The van der Waals surface area contributed by atoms with Crippen molar-refractivity contribution in [3.63, 3.8) is 0 Å². The first kappa shape index (κ1) is 23.4. The summed E-state index contributed by atoms with van der Waals surface area (Å²) < 4.78 is 40.7. The predicted octanol–water partition coefficient (Wildman–Crippen LogP) is 3.37. The van der Waals surface area contributed by atoms with Crippen molar-refractivity contribution in [2.75, 3.05) is 0 Å². The van der Waals surface area contributed by atoms with Crippen LogP contribution in [-0.2, 0) is 27.7 Å². The van der Waals surface area contributed by atoms with E-state index >= 15 is 0 Å². The van der Waals surface area contributed by atoms with Crippen molar-refractivity contribution in [3.05, 3.63) is 92.6 Å². The number of sulfone groups is 1. The van der Waals surface area contributed by atoms with E-state index in [4.69, 9.17) is 0 Å². The molecule has 0 saturated carbocycles. The normalized spacial score (nSPS) is 11.4. The second kappa shape index (κ2) is 9.08. The van der Waals surface area contributed by atoms with Gasteiger partial charge in [-0.05, 0) is 80.3 Å². The van der Waals surface area contributed by atoms with Gasteiger partial charge in [-0.3, -0.25) is 9.59 Å². The van der Waals surface area contributed by atoms with E-state index in [1.54, 1.807) is 51.1 Å². The van der Waals surface area contributed by atoms with Gasteiger partial charge in [-0.25, -0.2) is 12.8 Å². The van der Waals surface area contributed by atoms with Gasteiger partial charge >= 0.3 is 0 Å². The maximum Gasteiger partial charge on any atom is 0.270 e. The molecule has 1 aromatic heterocycles. The zero-order chi connectivity index (χ0) is 23.6. The SMILES string of the molecule is Cc1ccc(S(=O)(=O)c2c(C)cc(C)n(CC(=O)NCc3ccc(F)cc3)c2=O)cc1C. The predicted molar refractivity (Wildman–Crippen MR) is 120 cm³/mol. The van der Waals surface area contributed by atoms with Crippen LogP contribution < -0.4 is 10.9 Å². The number of rotatable bonds is 6. The molecule has 32 heavy (non-hydrogen) atoms. The summed E-state index contributed by atoms with van der Waals surface area (Å²) in [4.78, 5) is 25.4. The van der Waals surface area contributed by atoms with Crippen LogP contribution >= 0.6 is 0 Å². The van der Waals surface area contributed by atoms with Crippen LogP contribution in [0.1, 0.15) is 27.9 Å². The van der Waals surface area contributed by atoms with Crippen LogP contribution in [0.15, 0.2) is 63.1 Å². The average molecular weight is 457 g/mol. The number of carbonyl (C=O) groups is 1. The molecule has 1 heterocycles. The molecule has 0 saturated heterocycles. The van der Waals surface area contributed by atoms with Crippen molar-refractivity contribution in [2.24, 2.45) is 0 Å². The van der Waals surface area contributed by atoms with E-state index in [1.807, 2.05) is 6.92 Å². The fraction of sp³-hybridized carbons (Fsp3) is 0.250. The average Bonchev–Trinajstić information content (AvgIpc) is 2.72. The van der Waals surface area contributed by atoms with Gasteiger partial charge < -0.3 is 9.88 Å². The fourth-order valence-corrected chi connectivity index (χ4v) is 5.07. The molecule has 0 unspecified atom stereocenters. The Morgan fingerprint density at radius 1 is 0.938 bits per heavy atom. The van der Waals surface area contributed by atoms with E-state index < -0.39 is 21.3 Å². The Bertz CT molecular complexity index is 1340. The summed E-state index contributed by atoms with van der Waals surface area (Å²) in [6, 6.07) is 12.0. The number of aromatic nitrogens is 1. The van der Waals surface area contributed by atoms with Gasteiger partial charge in [0.15, 0.2) is 0 Å². The number of hydrogen-bond donors (Lipinski definition) is 1. The summed E-state index contributed by atoms with van der Waals surface area (Å²) >= 11 is 0. The molecule has 1 amide bonds. The molecule has 168 valence electrons. The van der Waals surface area contributed by atoms with Crippen molar-refractivity contribution in [1.82, 2.24) is 9.88 Å². The maximum absolute atomic E-state index is 13.3. The number of nitrogens with zero attached hydrogens (tertiary/aromatic N) is 1. The Morgan fingerprint density at radius 2 is 1.59 bits per heavy atom. The van der Waals surface area contributed by atoms with E-state index in [0.29, 0.717) is 16.8 Å². The number of hydrogen-bond acceptors (Lipinski definition) is 4. The van der Waals surface area contributed by atoms with E-state index in [2.05, 4.69) is 5.32 Å². The molecular formula is C24H25FN2O4S. The largest absolute Gasteiger partial charge is 0.350 e. The zero-order valence-corrected chi connectivity index (χ0v) is 19.2. The van der Waals surface area contributed by atoms with Crippen molar-refractivity contribution in [3.8, 4) is 0 Å². The smallest absolute Gasteiger partial charge is 0.270 e. The Morgan fingerprint density at radius 3 is 2.22 bits per heavy atom. The molecule has 2 aromatic carbocycles. The molecule has 8 heteroatoms. The molecule has 0 aliphatic rings. The summed E-state index contributed by atoms with van der Waals surface area (Å²) in [6.07, 6.45) is 0. The Labute approximate surface area is 186 Å². The van der Waals surface area contributed by atoms with Gasteiger partial charge in [0.25, 0.3) is 5.56 Å². The summed E-state index contributed by atoms with van der Waals surface area (Å²) in [5.74, 6) is -0.836. The highest BCUT2D eigenvalue weighted by Crippen LogP contribution is 2.23. The van der Waals surface area contributed by atoms with Crippen molar-refractivity contribution in [1.29, 1.82) is 0 Å². The summed E-state index contributed by atoms with van der Waals surface area (Å²) in [6.45, 7) is 6.73. The first-order valence-electron chi connectivity index (χ1n) is 10.0. The lowest BCUT2D eigenvalue weighted by Crippen LogP contribution is -2.35. The van der Waals surface area contributed by atoms with Crippen LogP contribution in [-0.4, -0.2) is 18.9 Å². The number of aryl methyl sites for hydroxylation is 4. The van der Waals surface area contributed by atoms with Crippen molar-refractivity contribution in [2.45, 2.75) is 50.6 Å². The number of benzene rings is 2. The zero-order valence-electron chi connectivity index (χ0n) is 18.4. The van der Waals surface area contributed by atoms with E-state index in [1.165, 1.54) is 18.2 Å². The molecule has 0 fully saturated rings. The summed E-state index contributed by atoms with van der Waals surface area (Å²) in [7, 11) is -4.07. The molecule has 0 atom stereocenters. The van der Waals surface area contributed by atoms with Gasteiger partial charge in [0, 0.05) is 12.2 Å². The van der Waals surface area contributed by atoms with Gasteiger partial charge in [-0.1, -0.05) is 18.2 Å². The topological polar surface area (TPSA) is 85.2 Å². The molecule has 0 aliphatic heterocycles. The third kappa shape index (κ3) is 4.80. The van der Waals surface area contributed by atoms with Crippen molar-refractivity contribution < 1.29 is 17.6 Å². The lowest BCUT2D eigenvalue weighted by molar-refractivity contribution is -0.121. The van der Waals surface area contributed by atoms with Gasteiger partial charge in [0.05, 0.1) is 4.90 Å². The van der Waals surface area contributed by atoms with E-state index in [-0.39, 0.29) is 28.7 Å². The Kier molecular flexibility index (Phi) is 6.64. The highest BCUT2D eigenvalue weighted by Gasteiger charge is 2.26. The maximum atomic E-state index is 13.3. The third-order valence-corrected chi connectivity index (χ3v) is 7.32. The first-order chi connectivity index (χ1) is 15.0. The Balaban J connectivity index is 1.92. The van der Waals surface area contributed by atoms with Crippen molar-refractivity contribution >= 4 is 15.7 Å². The molecule has 0 aliphatic carbocycles. The monoisotopic (exact) mass is 456 g/mol. The molecule has 3 aromatic rings. The number of carbonyl (C=O) groups excluding carboxylic acids is 1. The minimum atomic E-state index is -4.07. The lowest BCUT2D eigenvalue weighted by Gasteiger charge is -2.15. The Hall–Kier alpha value is -3.26. The van der Waals surface area contributed by atoms with Gasteiger partial charge in [-0.2, -0.15) is 0 Å².